The van der Waals surface area contributed by atoms with Gasteiger partial charge in [-0.25, -0.2) is 4.79 Å². The zero-order valence-corrected chi connectivity index (χ0v) is 8.19. The highest BCUT2D eigenvalue weighted by Gasteiger charge is 2.30. The van der Waals surface area contributed by atoms with Crippen LogP contribution in [0.5, 0.6) is 0 Å². The van der Waals surface area contributed by atoms with E-state index < -0.39 is 0 Å². The number of ether oxygens (including phenoxy) is 1. The van der Waals surface area contributed by atoms with E-state index in [1.54, 1.807) is 0 Å². The van der Waals surface area contributed by atoms with Gasteiger partial charge in [0, 0.05) is 0 Å². The second kappa shape index (κ2) is 3.03. The lowest BCUT2D eigenvalue weighted by Crippen LogP contribution is -2.00. The molecule has 1 saturated carbocycles. The molecule has 0 atom stereocenters. The molecule has 0 saturated heterocycles. The topological polar surface area (TPSA) is 52.3 Å². The second-order valence-electron chi connectivity index (χ2n) is 3.20. The van der Waals surface area contributed by atoms with Gasteiger partial charge in [0.15, 0.2) is 0 Å². The number of rotatable bonds is 2. The number of carbonyl (C=O) groups excluding carboxylic acids is 1. The molecule has 1 aromatic rings. The Morgan fingerprint density at radius 2 is 2.38 bits per heavy atom. The van der Waals surface area contributed by atoms with Crippen LogP contribution in [-0.2, 0) is 4.74 Å². The lowest BCUT2D eigenvalue weighted by atomic mass is 10.1. The lowest BCUT2D eigenvalue weighted by Gasteiger charge is -1.98. The smallest absolute Gasteiger partial charge is 0.348 e. The van der Waals surface area contributed by atoms with Crippen LogP contribution < -0.4 is 5.73 Å². The van der Waals surface area contributed by atoms with E-state index in [0.29, 0.717) is 15.8 Å². The highest BCUT2D eigenvalue weighted by atomic mass is 32.1. The van der Waals surface area contributed by atoms with E-state index in [0.717, 1.165) is 5.56 Å². The molecule has 1 fully saturated rings. The van der Waals surface area contributed by atoms with Gasteiger partial charge in [-0.15, -0.1) is 11.3 Å². The number of hydrogen-bond acceptors (Lipinski definition) is 4. The zero-order chi connectivity index (χ0) is 9.42. The van der Waals surface area contributed by atoms with Crippen molar-refractivity contribution in [2.75, 3.05) is 12.8 Å². The Balaban J connectivity index is 2.36. The van der Waals surface area contributed by atoms with E-state index in [9.17, 15) is 4.79 Å². The molecule has 1 aliphatic rings. The van der Waals surface area contributed by atoms with Crippen molar-refractivity contribution < 1.29 is 9.53 Å². The van der Waals surface area contributed by atoms with Crippen LogP contribution in [0.15, 0.2) is 6.07 Å². The highest BCUT2D eigenvalue weighted by Crippen LogP contribution is 2.45. The Hall–Kier alpha value is -1.03. The first-order valence-electron chi connectivity index (χ1n) is 4.20. The maximum atomic E-state index is 11.3. The van der Waals surface area contributed by atoms with Crippen molar-refractivity contribution in [1.82, 2.24) is 0 Å². The summed E-state index contributed by atoms with van der Waals surface area (Å²) in [5, 5.41) is 0.697. The van der Waals surface area contributed by atoms with Crippen molar-refractivity contribution in [2.24, 2.45) is 0 Å². The molecule has 0 aromatic carbocycles. The number of thiophene rings is 1. The maximum Gasteiger partial charge on any atom is 0.348 e. The van der Waals surface area contributed by atoms with Crippen LogP contribution in [0.25, 0.3) is 0 Å². The summed E-state index contributed by atoms with van der Waals surface area (Å²) >= 11 is 1.32. The Bertz CT molecular complexity index is 341. The van der Waals surface area contributed by atoms with Gasteiger partial charge in [0.2, 0.25) is 0 Å². The number of anilines is 1. The zero-order valence-electron chi connectivity index (χ0n) is 7.37. The van der Waals surface area contributed by atoms with E-state index in [-0.39, 0.29) is 5.97 Å². The molecule has 1 heterocycles. The van der Waals surface area contributed by atoms with E-state index >= 15 is 0 Å². The summed E-state index contributed by atoms with van der Waals surface area (Å²) in [5.74, 6) is 0.284. The minimum absolute atomic E-state index is 0.261. The fraction of sp³-hybridized carbons (Fsp3) is 0.444. The molecule has 0 spiro atoms. The molecule has 0 unspecified atom stereocenters. The average Bonchev–Trinajstić information content (AvgIpc) is 2.89. The lowest BCUT2D eigenvalue weighted by molar-refractivity contribution is 0.0605. The number of nitrogen functional groups attached to an aromatic ring is 1. The Morgan fingerprint density at radius 1 is 1.69 bits per heavy atom. The number of hydrogen-bond donors (Lipinski definition) is 1. The van der Waals surface area contributed by atoms with Gasteiger partial charge in [0.05, 0.1) is 12.1 Å². The van der Waals surface area contributed by atoms with Gasteiger partial charge in [-0.1, -0.05) is 0 Å². The number of methoxy groups -OCH3 is 1. The minimum Gasteiger partial charge on any atom is -0.465 e. The third-order valence-electron chi connectivity index (χ3n) is 2.17. The maximum absolute atomic E-state index is 11.3. The molecule has 1 aliphatic carbocycles. The van der Waals surface area contributed by atoms with E-state index in [4.69, 9.17) is 5.73 Å². The van der Waals surface area contributed by atoms with Gasteiger partial charge >= 0.3 is 5.97 Å². The normalized spacial score (nSPS) is 15.8. The Kier molecular flexibility index (Phi) is 2.00. The molecule has 70 valence electrons. The summed E-state index contributed by atoms with van der Waals surface area (Å²) < 4.78 is 4.68. The van der Waals surface area contributed by atoms with Crippen LogP contribution >= 0.6 is 11.3 Å². The molecule has 1 aromatic heterocycles. The van der Waals surface area contributed by atoms with Crippen LogP contribution in [0, 0.1) is 0 Å². The van der Waals surface area contributed by atoms with Gasteiger partial charge in [0.1, 0.15) is 4.88 Å². The fourth-order valence-electron chi connectivity index (χ4n) is 1.37. The van der Waals surface area contributed by atoms with Crippen molar-refractivity contribution in [3.8, 4) is 0 Å². The van der Waals surface area contributed by atoms with E-state index in [2.05, 4.69) is 4.74 Å². The molecule has 13 heavy (non-hydrogen) atoms. The number of esters is 1. The highest BCUT2D eigenvalue weighted by molar-refractivity contribution is 7.17. The van der Waals surface area contributed by atoms with E-state index in [1.165, 1.54) is 31.3 Å². The van der Waals surface area contributed by atoms with Crippen LogP contribution in [0.4, 0.5) is 5.00 Å². The molecule has 0 amide bonds. The second-order valence-corrected chi connectivity index (χ2v) is 4.28. The summed E-state index contributed by atoms with van der Waals surface area (Å²) in [5.41, 5.74) is 6.73. The molecular weight excluding hydrogens is 186 g/mol. The number of nitrogens with two attached hydrogens (primary N) is 1. The van der Waals surface area contributed by atoms with Crippen LogP contribution in [0.1, 0.15) is 34.0 Å². The Labute approximate surface area is 80.5 Å². The van der Waals surface area contributed by atoms with Gasteiger partial charge in [0.25, 0.3) is 0 Å². The molecular formula is C9H11NO2S. The van der Waals surface area contributed by atoms with Crippen molar-refractivity contribution in [2.45, 2.75) is 18.8 Å². The third kappa shape index (κ3) is 1.54. The van der Waals surface area contributed by atoms with E-state index in [1.807, 2.05) is 6.07 Å². The van der Waals surface area contributed by atoms with Gasteiger partial charge < -0.3 is 10.5 Å². The summed E-state index contributed by atoms with van der Waals surface area (Å²) in [6.45, 7) is 0. The molecule has 2 rings (SSSR count). The molecule has 0 aliphatic heterocycles. The molecule has 0 bridgehead atoms. The quantitative estimate of drug-likeness (QED) is 0.738. The predicted octanol–water partition coefficient (Wildman–Crippen LogP) is 1.99. The summed E-state index contributed by atoms with van der Waals surface area (Å²) in [6.07, 6.45) is 2.33. The van der Waals surface area contributed by atoms with Crippen LogP contribution in [-0.4, -0.2) is 13.1 Å². The van der Waals surface area contributed by atoms with Crippen LogP contribution in [0.2, 0.25) is 0 Å². The fourth-order valence-corrected chi connectivity index (χ4v) is 2.31. The minimum atomic E-state index is -0.261. The molecule has 4 heteroatoms. The third-order valence-corrected chi connectivity index (χ3v) is 3.13. The number of carbonyl (C=O) groups is 1. The van der Waals surface area contributed by atoms with Gasteiger partial charge in [-0.05, 0) is 30.4 Å². The van der Waals surface area contributed by atoms with Crippen molar-refractivity contribution in [3.63, 3.8) is 0 Å². The first kappa shape index (κ1) is 8.56. The standard InChI is InChI=1S/C9H11NO2S/c1-12-9(11)8-6(5-2-3-5)4-7(10)13-8/h4-5H,2-3,10H2,1H3. The van der Waals surface area contributed by atoms with Crippen molar-refractivity contribution in [3.05, 3.63) is 16.5 Å². The molecule has 3 nitrogen and oxygen atoms in total. The first-order chi connectivity index (χ1) is 6.22. The van der Waals surface area contributed by atoms with Gasteiger partial charge in [-0.2, -0.15) is 0 Å². The Morgan fingerprint density at radius 3 is 2.92 bits per heavy atom. The largest absolute Gasteiger partial charge is 0.465 e. The molecule has 0 radical (unpaired) electrons. The predicted molar refractivity (Wildman–Crippen MR) is 52.0 cm³/mol. The summed E-state index contributed by atoms with van der Waals surface area (Å²) in [6, 6.07) is 1.90. The van der Waals surface area contributed by atoms with Crippen molar-refractivity contribution in [1.29, 1.82) is 0 Å². The molecule has 2 N–H and O–H groups in total. The average molecular weight is 197 g/mol. The SMILES string of the molecule is COC(=O)c1sc(N)cc1C1CC1. The summed E-state index contributed by atoms with van der Waals surface area (Å²) in [7, 11) is 1.40. The monoisotopic (exact) mass is 197 g/mol. The first-order valence-corrected chi connectivity index (χ1v) is 5.01. The van der Waals surface area contributed by atoms with Crippen LogP contribution in [0.3, 0.4) is 0 Å². The van der Waals surface area contributed by atoms with Gasteiger partial charge in [-0.3, -0.25) is 0 Å². The van der Waals surface area contributed by atoms with Crippen molar-refractivity contribution >= 4 is 22.3 Å². The summed E-state index contributed by atoms with van der Waals surface area (Å²) in [4.78, 5) is 12.0.